The first-order valence-corrected chi connectivity index (χ1v) is 13.8. The van der Waals surface area contributed by atoms with Gasteiger partial charge in [0, 0.05) is 5.69 Å². The van der Waals surface area contributed by atoms with Gasteiger partial charge in [0.15, 0.2) is 10.8 Å². The summed E-state index contributed by atoms with van der Waals surface area (Å²) in [5, 5.41) is 14.3. The molecular formula is C31H23F3N4O4S. The Kier molecular flexibility index (Phi) is 8.33. The highest BCUT2D eigenvalue weighted by atomic mass is 32.2. The lowest BCUT2D eigenvalue weighted by Crippen LogP contribution is -2.47. The Bertz CT molecular complexity index is 1810. The van der Waals surface area contributed by atoms with Crippen molar-refractivity contribution in [1.82, 2.24) is 9.66 Å². The second-order valence-corrected chi connectivity index (χ2v) is 10.3. The van der Waals surface area contributed by atoms with Crippen LogP contribution in [0.1, 0.15) is 16.7 Å². The molecule has 1 heterocycles. The summed E-state index contributed by atoms with van der Waals surface area (Å²) in [4.78, 5) is 44.5. The van der Waals surface area contributed by atoms with Crippen molar-refractivity contribution in [3.63, 3.8) is 0 Å². The summed E-state index contributed by atoms with van der Waals surface area (Å²) in [5.74, 6) is -1.99. The van der Waals surface area contributed by atoms with E-state index in [1.165, 1.54) is 18.2 Å². The molecule has 4 aromatic carbocycles. The second-order valence-electron chi connectivity index (χ2n) is 9.35. The van der Waals surface area contributed by atoms with E-state index in [1.807, 2.05) is 0 Å². The lowest BCUT2D eigenvalue weighted by molar-refractivity contribution is -0.137. The van der Waals surface area contributed by atoms with Crippen molar-refractivity contribution >= 4 is 40.2 Å². The van der Waals surface area contributed by atoms with Gasteiger partial charge in [-0.05, 0) is 41.5 Å². The van der Waals surface area contributed by atoms with E-state index in [0.717, 1.165) is 28.6 Å². The third-order valence-electron chi connectivity index (χ3n) is 6.48. The predicted octanol–water partition coefficient (Wildman–Crippen LogP) is 5.15. The smallest absolute Gasteiger partial charge is 0.372 e. The van der Waals surface area contributed by atoms with Crippen LogP contribution >= 0.6 is 11.8 Å². The molecule has 0 aliphatic carbocycles. The van der Waals surface area contributed by atoms with E-state index in [-0.39, 0.29) is 33.1 Å². The number of benzene rings is 4. The zero-order valence-corrected chi connectivity index (χ0v) is 23.0. The molecule has 2 amide bonds. The molecule has 43 heavy (non-hydrogen) atoms. The molecule has 5 aromatic rings. The van der Waals surface area contributed by atoms with E-state index in [2.05, 4.69) is 15.7 Å². The first-order valence-electron chi connectivity index (χ1n) is 12.8. The van der Waals surface area contributed by atoms with Gasteiger partial charge in [0.1, 0.15) is 0 Å². The maximum absolute atomic E-state index is 13.8. The number of nitrogens with zero attached hydrogens (tertiary/aromatic N) is 2. The van der Waals surface area contributed by atoms with Gasteiger partial charge in [0.25, 0.3) is 11.5 Å². The largest absolute Gasteiger partial charge is 0.416 e. The topological polar surface area (TPSA) is 113 Å². The Hall–Kier alpha value is -4.94. The molecule has 0 aliphatic heterocycles. The van der Waals surface area contributed by atoms with Crippen molar-refractivity contribution < 1.29 is 27.9 Å². The maximum Gasteiger partial charge on any atom is 0.416 e. The number of alkyl halides is 3. The van der Waals surface area contributed by atoms with Crippen molar-refractivity contribution in [2.45, 2.75) is 16.9 Å². The minimum Gasteiger partial charge on any atom is -0.372 e. The van der Waals surface area contributed by atoms with Gasteiger partial charge in [-0.3, -0.25) is 19.8 Å². The average Bonchev–Trinajstić information content (AvgIpc) is 3.01. The number of thioether (sulfide) groups is 1. The van der Waals surface area contributed by atoms with Gasteiger partial charge in [-0.1, -0.05) is 90.6 Å². The zero-order chi connectivity index (χ0) is 30.6. The molecule has 0 radical (unpaired) electrons. The molecule has 3 N–H and O–H groups in total. The highest BCUT2D eigenvalue weighted by Gasteiger charge is 2.40. The maximum atomic E-state index is 13.8. The summed E-state index contributed by atoms with van der Waals surface area (Å²) in [6, 6.07) is 26.9. The third-order valence-corrected chi connectivity index (χ3v) is 7.41. The Balaban J connectivity index is 1.47. The van der Waals surface area contributed by atoms with Gasteiger partial charge in [-0.2, -0.15) is 17.8 Å². The van der Waals surface area contributed by atoms with Crippen LogP contribution in [0.3, 0.4) is 0 Å². The van der Waals surface area contributed by atoms with Crippen molar-refractivity contribution in [3.05, 3.63) is 136 Å². The molecule has 0 saturated heterocycles. The molecule has 8 nitrogen and oxygen atoms in total. The molecule has 0 spiro atoms. The molecule has 0 bridgehead atoms. The molecule has 0 unspecified atom stereocenters. The molecule has 0 aliphatic rings. The van der Waals surface area contributed by atoms with Crippen LogP contribution in [0.4, 0.5) is 18.9 Å². The number of carbonyl (C=O) groups excluding carboxylic acids is 2. The minimum absolute atomic E-state index is 0.0617. The van der Waals surface area contributed by atoms with Crippen LogP contribution in [0.15, 0.2) is 119 Å². The molecule has 0 saturated carbocycles. The molecule has 218 valence electrons. The number of halogens is 3. The molecule has 0 atom stereocenters. The van der Waals surface area contributed by atoms with Crippen LogP contribution in [0.25, 0.3) is 10.9 Å². The van der Waals surface area contributed by atoms with Gasteiger partial charge in [0.05, 0.1) is 22.2 Å². The predicted molar refractivity (Wildman–Crippen MR) is 157 cm³/mol. The van der Waals surface area contributed by atoms with Crippen molar-refractivity contribution in [2.24, 2.45) is 0 Å². The van der Waals surface area contributed by atoms with Gasteiger partial charge in [0.2, 0.25) is 5.91 Å². The van der Waals surface area contributed by atoms with Crippen LogP contribution in [-0.2, 0) is 21.4 Å². The standard InChI is InChI=1S/C31H23F3N4O4S/c32-31(33,34)22-14-9-15-23(18-22)35-26(39)19-43-29-36-25-17-8-7-16-24(25)27(40)38(29)37-28(41)30(42,20-10-3-1-4-11-20)21-12-5-2-6-13-21/h1-18,42H,19H2,(H,35,39)(H,37,41). The number of nitrogens with one attached hydrogen (secondary N) is 2. The Labute approximate surface area is 247 Å². The quantitative estimate of drug-likeness (QED) is 0.167. The van der Waals surface area contributed by atoms with Crippen molar-refractivity contribution in [1.29, 1.82) is 0 Å². The van der Waals surface area contributed by atoms with E-state index >= 15 is 0 Å². The monoisotopic (exact) mass is 604 g/mol. The van der Waals surface area contributed by atoms with Crippen LogP contribution in [0, 0.1) is 0 Å². The Morgan fingerprint density at radius 2 is 1.40 bits per heavy atom. The fraction of sp³-hybridized carbons (Fsp3) is 0.0968. The van der Waals surface area contributed by atoms with E-state index in [4.69, 9.17) is 0 Å². The lowest BCUT2D eigenvalue weighted by Gasteiger charge is -2.28. The van der Waals surface area contributed by atoms with Crippen molar-refractivity contribution in [3.8, 4) is 0 Å². The second kappa shape index (κ2) is 12.1. The fourth-order valence-corrected chi connectivity index (χ4v) is 5.13. The van der Waals surface area contributed by atoms with E-state index in [1.54, 1.807) is 78.9 Å². The van der Waals surface area contributed by atoms with Crippen LogP contribution < -0.4 is 16.3 Å². The SMILES string of the molecule is O=C(CSc1nc2ccccc2c(=O)n1NC(=O)C(O)(c1ccccc1)c1ccccc1)Nc1cccc(C(F)(F)F)c1. The number of aromatic nitrogens is 2. The first kappa shape index (κ1) is 29.5. The number of amides is 2. The first-order chi connectivity index (χ1) is 20.6. The Morgan fingerprint density at radius 3 is 2.02 bits per heavy atom. The normalized spacial score (nSPS) is 11.7. The van der Waals surface area contributed by atoms with Crippen LogP contribution in [0.2, 0.25) is 0 Å². The van der Waals surface area contributed by atoms with Gasteiger partial charge in [-0.15, -0.1) is 0 Å². The zero-order valence-electron chi connectivity index (χ0n) is 22.2. The van der Waals surface area contributed by atoms with Crippen LogP contribution in [0.5, 0.6) is 0 Å². The molecule has 1 aromatic heterocycles. The average molecular weight is 605 g/mol. The van der Waals surface area contributed by atoms with E-state index in [0.29, 0.717) is 5.52 Å². The fourth-order valence-electron chi connectivity index (χ4n) is 4.38. The number of rotatable bonds is 8. The van der Waals surface area contributed by atoms with Crippen molar-refractivity contribution in [2.75, 3.05) is 16.5 Å². The summed E-state index contributed by atoms with van der Waals surface area (Å²) in [7, 11) is 0. The van der Waals surface area contributed by atoms with Gasteiger partial charge < -0.3 is 10.4 Å². The van der Waals surface area contributed by atoms with Gasteiger partial charge >= 0.3 is 6.18 Å². The lowest BCUT2D eigenvalue weighted by atomic mass is 9.85. The minimum atomic E-state index is -4.58. The Morgan fingerprint density at radius 1 is 0.814 bits per heavy atom. The number of aliphatic hydroxyl groups is 1. The summed E-state index contributed by atoms with van der Waals surface area (Å²) >= 11 is 0.779. The number of fused-ring (bicyclic) bond motifs is 1. The third kappa shape index (κ3) is 6.30. The van der Waals surface area contributed by atoms with Gasteiger partial charge in [-0.25, -0.2) is 4.98 Å². The number of carbonyl (C=O) groups is 2. The summed E-state index contributed by atoms with van der Waals surface area (Å²) in [6.45, 7) is 0. The molecule has 5 rings (SSSR count). The highest BCUT2D eigenvalue weighted by Crippen LogP contribution is 2.32. The van der Waals surface area contributed by atoms with Crippen LogP contribution in [-0.4, -0.2) is 32.3 Å². The number of hydrogen-bond donors (Lipinski definition) is 3. The molecule has 0 fully saturated rings. The summed E-state index contributed by atoms with van der Waals surface area (Å²) in [6.07, 6.45) is -4.58. The summed E-state index contributed by atoms with van der Waals surface area (Å²) < 4.78 is 40.1. The molecular weight excluding hydrogens is 581 g/mol. The highest BCUT2D eigenvalue weighted by molar-refractivity contribution is 7.99. The number of anilines is 1. The number of para-hydroxylation sites is 1. The van der Waals surface area contributed by atoms with E-state index in [9.17, 15) is 32.7 Å². The van der Waals surface area contributed by atoms with E-state index < -0.39 is 34.7 Å². The number of hydrogen-bond acceptors (Lipinski definition) is 6. The molecule has 12 heteroatoms. The summed E-state index contributed by atoms with van der Waals surface area (Å²) in [5.41, 5.74) is -0.594.